The molecule has 1 amide bonds. The Morgan fingerprint density at radius 2 is 2.12 bits per heavy atom. The van der Waals surface area contributed by atoms with Gasteiger partial charge in [-0.3, -0.25) is 4.79 Å². The van der Waals surface area contributed by atoms with E-state index in [-0.39, 0.29) is 16.6 Å². The molecular formula is C13H26N2OS. The van der Waals surface area contributed by atoms with Crippen molar-refractivity contribution in [1.82, 2.24) is 4.90 Å². The molecule has 0 radical (unpaired) electrons. The molecular weight excluding hydrogens is 232 g/mol. The van der Waals surface area contributed by atoms with Crippen molar-refractivity contribution >= 4 is 17.7 Å². The molecule has 0 aliphatic carbocycles. The van der Waals surface area contributed by atoms with Crippen LogP contribution < -0.4 is 5.73 Å². The highest BCUT2D eigenvalue weighted by Gasteiger charge is 2.32. The molecule has 100 valence electrons. The maximum absolute atomic E-state index is 12.4. The molecule has 0 bridgehead atoms. The summed E-state index contributed by atoms with van der Waals surface area (Å²) in [5.74, 6) is 1.83. The Hall–Kier alpha value is -0.220. The first-order valence-electron chi connectivity index (χ1n) is 6.48. The second-order valence-corrected chi connectivity index (χ2v) is 7.73. The molecule has 1 atom stereocenters. The molecule has 0 spiro atoms. The van der Waals surface area contributed by atoms with E-state index in [0.29, 0.717) is 12.5 Å². The van der Waals surface area contributed by atoms with E-state index in [1.807, 2.05) is 16.7 Å². The molecule has 2 N–H and O–H groups in total. The number of carbonyl (C=O) groups is 1. The maximum atomic E-state index is 12.4. The van der Waals surface area contributed by atoms with Crippen molar-refractivity contribution in [3.63, 3.8) is 0 Å². The Labute approximate surface area is 109 Å². The third-order valence-electron chi connectivity index (χ3n) is 3.13. The van der Waals surface area contributed by atoms with E-state index in [1.165, 1.54) is 0 Å². The largest absolute Gasteiger partial charge is 0.340 e. The molecule has 1 heterocycles. The molecule has 17 heavy (non-hydrogen) atoms. The van der Waals surface area contributed by atoms with E-state index < -0.39 is 0 Å². The van der Waals surface area contributed by atoms with Gasteiger partial charge in [0.05, 0.1) is 5.92 Å². The Bertz CT molecular complexity index is 266. The van der Waals surface area contributed by atoms with Gasteiger partial charge in [0.25, 0.3) is 0 Å². The normalized spacial score (nSPS) is 21.6. The van der Waals surface area contributed by atoms with Gasteiger partial charge in [-0.25, -0.2) is 0 Å². The number of nitrogens with two attached hydrogens (primary N) is 1. The molecule has 1 aliphatic heterocycles. The van der Waals surface area contributed by atoms with Crippen molar-refractivity contribution < 1.29 is 4.79 Å². The van der Waals surface area contributed by atoms with Gasteiger partial charge in [-0.15, -0.1) is 0 Å². The second kappa shape index (κ2) is 6.10. The van der Waals surface area contributed by atoms with Crippen molar-refractivity contribution in [3.8, 4) is 0 Å². The van der Waals surface area contributed by atoms with Crippen molar-refractivity contribution in [3.05, 3.63) is 0 Å². The molecule has 0 aromatic rings. The van der Waals surface area contributed by atoms with Gasteiger partial charge in [0.2, 0.25) is 5.91 Å². The van der Waals surface area contributed by atoms with Crippen LogP contribution in [0.2, 0.25) is 0 Å². The van der Waals surface area contributed by atoms with Gasteiger partial charge < -0.3 is 10.6 Å². The number of rotatable bonds is 4. The molecule has 4 heteroatoms. The van der Waals surface area contributed by atoms with Crippen LogP contribution in [0.25, 0.3) is 0 Å². The highest BCUT2D eigenvalue weighted by Crippen LogP contribution is 2.30. The van der Waals surface area contributed by atoms with Crippen LogP contribution in [0.15, 0.2) is 0 Å². The maximum Gasteiger partial charge on any atom is 0.227 e. The summed E-state index contributed by atoms with van der Waals surface area (Å²) in [6.45, 7) is 10.9. The van der Waals surface area contributed by atoms with E-state index in [0.717, 1.165) is 25.3 Å². The number of nitrogens with zero attached hydrogens (tertiary/aromatic N) is 1. The number of amides is 1. The fraction of sp³-hybridized carbons (Fsp3) is 0.923. The number of hydrogen-bond donors (Lipinski definition) is 1. The average molecular weight is 258 g/mol. The lowest BCUT2D eigenvalue weighted by atomic mass is 9.95. The summed E-state index contributed by atoms with van der Waals surface area (Å²) < 4.78 is 0.185. The van der Waals surface area contributed by atoms with E-state index in [9.17, 15) is 4.79 Å². The van der Waals surface area contributed by atoms with Gasteiger partial charge in [-0.1, -0.05) is 13.8 Å². The molecule has 1 rings (SSSR count). The van der Waals surface area contributed by atoms with Gasteiger partial charge in [0, 0.05) is 30.1 Å². The molecule has 0 aromatic heterocycles. The lowest BCUT2D eigenvalue weighted by molar-refractivity contribution is -0.136. The van der Waals surface area contributed by atoms with Crippen LogP contribution >= 0.6 is 11.8 Å². The van der Waals surface area contributed by atoms with E-state index in [1.54, 1.807) is 0 Å². The zero-order chi connectivity index (χ0) is 13.1. The molecule has 1 fully saturated rings. The Morgan fingerprint density at radius 1 is 1.47 bits per heavy atom. The molecule has 0 saturated carbocycles. The van der Waals surface area contributed by atoms with Crippen molar-refractivity contribution in [2.24, 2.45) is 17.6 Å². The summed E-state index contributed by atoms with van der Waals surface area (Å²) in [5, 5.41) is 0. The fourth-order valence-electron chi connectivity index (χ4n) is 2.33. The lowest BCUT2D eigenvalue weighted by Crippen LogP contribution is -2.49. The summed E-state index contributed by atoms with van der Waals surface area (Å²) in [6, 6.07) is 0. The van der Waals surface area contributed by atoms with Crippen LogP contribution in [0.1, 0.15) is 34.1 Å². The SMILES string of the molecule is CC(C)CC(CN)C(=O)N1CCSC(C)(C)C1. The topological polar surface area (TPSA) is 46.3 Å². The van der Waals surface area contributed by atoms with Crippen LogP contribution in [0.3, 0.4) is 0 Å². The monoisotopic (exact) mass is 258 g/mol. The summed E-state index contributed by atoms with van der Waals surface area (Å²) in [6.07, 6.45) is 0.902. The van der Waals surface area contributed by atoms with Crippen LogP contribution in [-0.4, -0.2) is 40.9 Å². The molecule has 3 nitrogen and oxygen atoms in total. The van der Waals surface area contributed by atoms with Crippen LogP contribution in [0.5, 0.6) is 0 Å². The van der Waals surface area contributed by atoms with Gasteiger partial charge in [-0.2, -0.15) is 11.8 Å². The van der Waals surface area contributed by atoms with Crippen LogP contribution in [0.4, 0.5) is 0 Å². The number of hydrogen-bond acceptors (Lipinski definition) is 3. The van der Waals surface area contributed by atoms with Gasteiger partial charge in [0.15, 0.2) is 0 Å². The molecule has 1 aliphatic rings. The minimum atomic E-state index is 0.00824. The summed E-state index contributed by atoms with van der Waals surface area (Å²) in [4.78, 5) is 14.4. The first kappa shape index (κ1) is 14.8. The van der Waals surface area contributed by atoms with Gasteiger partial charge >= 0.3 is 0 Å². The zero-order valence-electron chi connectivity index (χ0n) is 11.5. The quantitative estimate of drug-likeness (QED) is 0.838. The van der Waals surface area contributed by atoms with E-state index in [4.69, 9.17) is 5.73 Å². The van der Waals surface area contributed by atoms with Crippen LogP contribution in [-0.2, 0) is 4.79 Å². The Kier molecular flexibility index (Phi) is 5.32. The minimum Gasteiger partial charge on any atom is -0.340 e. The third kappa shape index (κ3) is 4.51. The highest BCUT2D eigenvalue weighted by atomic mass is 32.2. The van der Waals surface area contributed by atoms with Crippen molar-refractivity contribution in [2.75, 3.05) is 25.4 Å². The van der Waals surface area contributed by atoms with E-state index in [2.05, 4.69) is 27.7 Å². The fourth-order valence-corrected chi connectivity index (χ4v) is 3.44. The van der Waals surface area contributed by atoms with Crippen molar-refractivity contribution in [2.45, 2.75) is 38.9 Å². The summed E-state index contributed by atoms with van der Waals surface area (Å²) in [5.41, 5.74) is 5.74. The summed E-state index contributed by atoms with van der Waals surface area (Å²) >= 11 is 1.95. The summed E-state index contributed by atoms with van der Waals surface area (Å²) in [7, 11) is 0. The lowest BCUT2D eigenvalue weighted by Gasteiger charge is -2.39. The van der Waals surface area contributed by atoms with Gasteiger partial charge in [0.1, 0.15) is 0 Å². The standard InChI is InChI=1S/C13H26N2OS/c1-10(2)7-11(8-14)12(16)15-5-6-17-13(3,4)9-15/h10-11H,5-9,14H2,1-4H3. The smallest absolute Gasteiger partial charge is 0.227 e. The predicted molar refractivity (Wildman–Crippen MR) is 75.1 cm³/mol. The van der Waals surface area contributed by atoms with E-state index >= 15 is 0 Å². The zero-order valence-corrected chi connectivity index (χ0v) is 12.3. The Morgan fingerprint density at radius 3 is 2.59 bits per heavy atom. The van der Waals surface area contributed by atoms with Crippen molar-refractivity contribution in [1.29, 1.82) is 0 Å². The average Bonchev–Trinajstić information content (AvgIpc) is 2.23. The van der Waals surface area contributed by atoms with Crippen LogP contribution in [0, 0.1) is 11.8 Å². The molecule has 1 saturated heterocycles. The third-order valence-corrected chi connectivity index (χ3v) is 4.42. The Balaban J connectivity index is 2.61. The van der Waals surface area contributed by atoms with Gasteiger partial charge in [-0.05, 0) is 26.2 Å². The first-order chi connectivity index (χ1) is 7.85. The molecule has 0 aromatic carbocycles. The molecule has 1 unspecified atom stereocenters. The first-order valence-corrected chi connectivity index (χ1v) is 7.47. The second-order valence-electron chi connectivity index (χ2n) is 5.93. The number of thioether (sulfide) groups is 1. The number of carbonyl (C=O) groups excluding carboxylic acids is 1. The minimum absolute atomic E-state index is 0.00824. The predicted octanol–water partition coefficient (Wildman–Crippen LogP) is 1.96. The highest BCUT2D eigenvalue weighted by molar-refractivity contribution is 8.00.